The van der Waals surface area contributed by atoms with Gasteiger partial charge in [-0.2, -0.15) is 0 Å². The number of hydrazine groups is 1. The minimum atomic E-state index is -0.411. The van der Waals surface area contributed by atoms with Crippen LogP contribution in [0.1, 0.15) is 12.0 Å². The van der Waals surface area contributed by atoms with E-state index in [9.17, 15) is 9.59 Å². The van der Waals surface area contributed by atoms with Crippen LogP contribution in [0.5, 0.6) is 5.75 Å². The van der Waals surface area contributed by atoms with Gasteiger partial charge in [0, 0.05) is 11.8 Å². The number of hydrogen-bond acceptors (Lipinski definition) is 3. The Morgan fingerprint density at radius 1 is 0.769 bits per heavy atom. The third-order valence-corrected chi connectivity index (χ3v) is 3.93. The summed E-state index contributed by atoms with van der Waals surface area (Å²) in [6.45, 7) is -0.174. The molecule has 0 bridgehead atoms. The second kappa shape index (κ2) is 8.67. The molecule has 0 heterocycles. The molecule has 3 rings (SSSR count). The Labute approximate surface area is 152 Å². The fraction of sp³-hybridized carbons (Fsp3) is 0.143. The van der Waals surface area contributed by atoms with Crippen molar-refractivity contribution in [1.29, 1.82) is 0 Å². The van der Waals surface area contributed by atoms with E-state index in [1.807, 2.05) is 72.8 Å². The number of benzene rings is 3. The molecule has 0 saturated carbocycles. The molecule has 5 nitrogen and oxygen atoms in total. The van der Waals surface area contributed by atoms with Crippen LogP contribution in [0.4, 0.5) is 0 Å². The lowest BCUT2D eigenvalue weighted by Gasteiger charge is -2.10. The summed E-state index contributed by atoms with van der Waals surface area (Å²) < 4.78 is 5.58. The van der Waals surface area contributed by atoms with E-state index in [1.54, 1.807) is 0 Å². The molecule has 0 aliphatic heterocycles. The summed E-state index contributed by atoms with van der Waals surface area (Å²) in [4.78, 5) is 23.7. The van der Waals surface area contributed by atoms with Gasteiger partial charge in [0.05, 0.1) is 0 Å². The normalized spacial score (nSPS) is 10.3. The quantitative estimate of drug-likeness (QED) is 0.673. The third-order valence-electron chi connectivity index (χ3n) is 3.93. The number of ether oxygens (including phenoxy) is 1. The van der Waals surface area contributed by atoms with Crippen molar-refractivity contribution in [2.24, 2.45) is 0 Å². The van der Waals surface area contributed by atoms with Gasteiger partial charge in [-0.3, -0.25) is 20.4 Å². The van der Waals surface area contributed by atoms with Crippen LogP contribution in [0.15, 0.2) is 72.8 Å². The number of hydrogen-bond donors (Lipinski definition) is 2. The summed E-state index contributed by atoms with van der Waals surface area (Å²) in [6.07, 6.45) is 0.920. The minimum absolute atomic E-state index is 0.174. The van der Waals surface area contributed by atoms with Crippen molar-refractivity contribution < 1.29 is 14.3 Å². The topological polar surface area (TPSA) is 67.4 Å². The van der Waals surface area contributed by atoms with Crippen molar-refractivity contribution in [3.05, 3.63) is 78.4 Å². The van der Waals surface area contributed by atoms with Crippen LogP contribution in [0, 0.1) is 0 Å². The molecular formula is C21H20N2O3. The first-order valence-electron chi connectivity index (χ1n) is 8.44. The molecular weight excluding hydrogens is 328 g/mol. The van der Waals surface area contributed by atoms with Gasteiger partial charge < -0.3 is 4.74 Å². The smallest absolute Gasteiger partial charge is 0.276 e. The molecule has 2 amide bonds. The molecule has 0 aliphatic rings. The Kier molecular flexibility index (Phi) is 5.83. The van der Waals surface area contributed by atoms with Gasteiger partial charge in [0.2, 0.25) is 5.91 Å². The molecule has 0 aromatic heterocycles. The van der Waals surface area contributed by atoms with E-state index >= 15 is 0 Å². The first kappa shape index (κ1) is 17.5. The second-order valence-electron chi connectivity index (χ2n) is 5.85. The maximum absolute atomic E-state index is 11.9. The van der Waals surface area contributed by atoms with E-state index in [1.165, 1.54) is 0 Å². The highest BCUT2D eigenvalue weighted by atomic mass is 16.5. The predicted molar refractivity (Wildman–Crippen MR) is 100 cm³/mol. The summed E-state index contributed by atoms with van der Waals surface area (Å²) in [5.41, 5.74) is 5.86. The molecule has 3 aromatic carbocycles. The fourth-order valence-corrected chi connectivity index (χ4v) is 2.61. The Morgan fingerprint density at radius 3 is 2.31 bits per heavy atom. The van der Waals surface area contributed by atoms with Crippen LogP contribution in [0.3, 0.4) is 0 Å². The molecule has 0 aliphatic carbocycles. The first-order valence-corrected chi connectivity index (χ1v) is 8.44. The zero-order chi connectivity index (χ0) is 18.2. The Hall–Kier alpha value is -3.34. The van der Waals surface area contributed by atoms with Gasteiger partial charge in [0.25, 0.3) is 5.91 Å². The van der Waals surface area contributed by atoms with E-state index < -0.39 is 5.91 Å². The molecule has 0 unspecified atom stereocenters. The van der Waals surface area contributed by atoms with Crippen LogP contribution in [0.25, 0.3) is 10.8 Å². The number of rotatable bonds is 6. The average Bonchev–Trinajstić information content (AvgIpc) is 2.70. The van der Waals surface area contributed by atoms with Crippen molar-refractivity contribution in [1.82, 2.24) is 10.9 Å². The average molecular weight is 348 g/mol. The van der Waals surface area contributed by atoms with Crippen molar-refractivity contribution >= 4 is 22.6 Å². The Bertz CT molecular complexity index is 889. The lowest BCUT2D eigenvalue weighted by atomic mass is 10.1. The summed E-state index contributed by atoms with van der Waals surface area (Å²) in [5, 5.41) is 1.98. The Balaban J connectivity index is 1.43. The van der Waals surface area contributed by atoms with Crippen LogP contribution in [0.2, 0.25) is 0 Å². The number of aryl methyl sites for hydroxylation is 1. The molecule has 0 spiro atoms. The van der Waals surface area contributed by atoms with Crippen LogP contribution >= 0.6 is 0 Å². The van der Waals surface area contributed by atoms with E-state index in [2.05, 4.69) is 10.9 Å². The van der Waals surface area contributed by atoms with Crippen molar-refractivity contribution in [2.45, 2.75) is 12.8 Å². The number of carbonyl (C=O) groups excluding carboxylic acids is 2. The van der Waals surface area contributed by atoms with Gasteiger partial charge in [0.15, 0.2) is 6.61 Å². The number of nitrogens with one attached hydrogen (secondary N) is 2. The molecule has 0 atom stereocenters. The zero-order valence-electron chi connectivity index (χ0n) is 14.3. The van der Waals surface area contributed by atoms with E-state index in [4.69, 9.17) is 4.74 Å². The van der Waals surface area contributed by atoms with Crippen molar-refractivity contribution in [2.75, 3.05) is 6.61 Å². The molecule has 0 fully saturated rings. The highest BCUT2D eigenvalue weighted by Crippen LogP contribution is 2.24. The lowest BCUT2D eigenvalue weighted by Crippen LogP contribution is -2.43. The van der Waals surface area contributed by atoms with Crippen LogP contribution < -0.4 is 15.6 Å². The van der Waals surface area contributed by atoms with Gasteiger partial charge in [-0.05, 0) is 23.4 Å². The maximum Gasteiger partial charge on any atom is 0.276 e. The molecule has 3 aromatic rings. The second-order valence-corrected chi connectivity index (χ2v) is 5.85. The molecule has 0 saturated heterocycles. The van der Waals surface area contributed by atoms with Gasteiger partial charge in [-0.25, -0.2) is 0 Å². The van der Waals surface area contributed by atoms with Crippen molar-refractivity contribution in [3.8, 4) is 5.75 Å². The fourth-order valence-electron chi connectivity index (χ4n) is 2.61. The highest BCUT2D eigenvalue weighted by molar-refractivity contribution is 5.89. The van der Waals surface area contributed by atoms with Crippen molar-refractivity contribution in [3.63, 3.8) is 0 Å². The number of amides is 2. The van der Waals surface area contributed by atoms with E-state index in [0.29, 0.717) is 18.6 Å². The first-order chi connectivity index (χ1) is 12.7. The van der Waals surface area contributed by atoms with Gasteiger partial charge in [-0.15, -0.1) is 0 Å². The molecule has 0 radical (unpaired) electrons. The zero-order valence-corrected chi connectivity index (χ0v) is 14.3. The lowest BCUT2D eigenvalue weighted by molar-refractivity contribution is -0.130. The van der Waals surface area contributed by atoms with Gasteiger partial charge in [-0.1, -0.05) is 66.7 Å². The maximum atomic E-state index is 11.9. The molecule has 132 valence electrons. The standard InChI is InChI=1S/C21H20N2O3/c24-20(14-13-16-7-2-1-3-8-16)22-23-21(25)15-26-19-12-6-10-17-9-4-5-11-18(17)19/h1-12H,13-15H2,(H,22,24)(H,23,25). The van der Waals surface area contributed by atoms with E-state index in [0.717, 1.165) is 16.3 Å². The largest absolute Gasteiger partial charge is 0.483 e. The summed E-state index contributed by atoms with van der Waals surface area (Å²) in [5.74, 6) is -0.0213. The predicted octanol–water partition coefficient (Wildman–Crippen LogP) is 3.00. The third kappa shape index (κ3) is 4.83. The van der Waals surface area contributed by atoms with E-state index in [-0.39, 0.29) is 12.5 Å². The monoisotopic (exact) mass is 348 g/mol. The summed E-state index contributed by atoms with van der Waals surface area (Å²) >= 11 is 0. The van der Waals surface area contributed by atoms with Crippen LogP contribution in [-0.4, -0.2) is 18.4 Å². The van der Waals surface area contributed by atoms with Crippen LogP contribution in [-0.2, 0) is 16.0 Å². The van der Waals surface area contributed by atoms with Gasteiger partial charge in [0.1, 0.15) is 5.75 Å². The summed E-state index contributed by atoms with van der Waals surface area (Å²) in [7, 11) is 0. The SMILES string of the molecule is O=C(CCc1ccccc1)NNC(=O)COc1cccc2ccccc12. The summed E-state index contributed by atoms with van der Waals surface area (Å²) in [6, 6.07) is 23.2. The number of carbonyl (C=O) groups is 2. The molecule has 26 heavy (non-hydrogen) atoms. The highest BCUT2D eigenvalue weighted by Gasteiger charge is 2.07. The molecule has 2 N–H and O–H groups in total. The number of fused-ring (bicyclic) bond motifs is 1. The van der Waals surface area contributed by atoms with Gasteiger partial charge >= 0.3 is 0 Å². The molecule has 5 heteroatoms. The Morgan fingerprint density at radius 2 is 1.46 bits per heavy atom. The minimum Gasteiger partial charge on any atom is -0.483 e.